The molecule has 7 heteroatoms. The van der Waals surface area contributed by atoms with E-state index in [0.29, 0.717) is 25.8 Å². The smallest absolute Gasteiger partial charge is 0.407 e. The van der Waals surface area contributed by atoms with Crippen molar-refractivity contribution in [2.75, 3.05) is 13.2 Å². The maximum atomic E-state index is 12.5. The van der Waals surface area contributed by atoms with Gasteiger partial charge < -0.3 is 19.9 Å². The van der Waals surface area contributed by atoms with E-state index in [9.17, 15) is 19.5 Å². The van der Waals surface area contributed by atoms with Crippen molar-refractivity contribution in [2.45, 2.75) is 58.0 Å². The molecule has 0 aliphatic heterocycles. The van der Waals surface area contributed by atoms with Crippen LogP contribution >= 0.6 is 0 Å². The Hall–Kier alpha value is -3.35. The fourth-order valence-corrected chi connectivity index (χ4v) is 4.21. The molecule has 182 valence electrons. The highest BCUT2D eigenvalue weighted by Crippen LogP contribution is 2.44. The topological polar surface area (TPSA) is 102 Å². The van der Waals surface area contributed by atoms with Crippen molar-refractivity contribution in [3.8, 4) is 11.1 Å². The first-order chi connectivity index (χ1) is 16.2. The van der Waals surface area contributed by atoms with Crippen molar-refractivity contribution in [3.63, 3.8) is 0 Å². The van der Waals surface area contributed by atoms with Gasteiger partial charge in [-0.1, -0.05) is 55.0 Å². The molecule has 0 unspecified atom stereocenters. The Balaban J connectivity index is 1.46. The number of amides is 1. The molecule has 1 aliphatic rings. The number of unbranched alkanes of at least 4 members (excludes halogenated alkanes) is 1. The summed E-state index contributed by atoms with van der Waals surface area (Å²) >= 11 is 0. The van der Waals surface area contributed by atoms with Crippen LogP contribution in [-0.2, 0) is 19.1 Å². The van der Waals surface area contributed by atoms with E-state index in [2.05, 4.69) is 17.4 Å². The number of benzene rings is 2. The summed E-state index contributed by atoms with van der Waals surface area (Å²) in [5.74, 6) is -2.41. The Morgan fingerprint density at radius 1 is 0.971 bits per heavy atom. The minimum atomic E-state index is -1.02. The number of nitrogens with one attached hydrogen (secondary N) is 1. The lowest BCUT2D eigenvalue weighted by molar-refractivity contribution is -0.152. The standard InChI is InChI=1S/C27H33NO6/c1-27(2,3)34-26(32)28-15-9-8-10-18(25(30)31)16-24(29)33-17-23-21-13-6-4-11-19(21)20-12-5-7-14-22(20)23/h4-7,11-14,18,23H,8-10,15-17H2,1-3H3,(H,28,32)(H,30,31)/t18-/m0/s1. The van der Waals surface area contributed by atoms with Gasteiger partial charge in [0.05, 0.1) is 12.3 Å². The van der Waals surface area contributed by atoms with Gasteiger partial charge in [-0.25, -0.2) is 4.79 Å². The van der Waals surface area contributed by atoms with Crippen molar-refractivity contribution < 1.29 is 29.0 Å². The number of hydrogen-bond acceptors (Lipinski definition) is 5. The van der Waals surface area contributed by atoms with E-state index in [-0.39, 0.29) is 18.9 Å². The molecular weight excluding hydrogens is 434 g/mol. The number of carbonyl (C=O) groups is 3. The molecule has 0 aromatic heterocycles. The van der Waals surface area contributed by atoms with Crippen LogP contribution < -0.4 is 5.32 Å². The van der Waals surface area contributed by atoms with E-state index in [1.807, 2.05) is 36.4 Å². The second-order valence-electron chi connectivity index (χ2n) is 9.57. The number of hydrogen-bond donors (Lipinski definition) is 2. The SMILES string of the molecule is CC(C)(C)OC(=O)NCCCC[C@@H](CC(=O)OCC1c2ccccc2-c2ccccc21)C(=O)O. The minimum absolute atomic E-state index is 0.0569. The highest BCUT2D eigenvalue weighted by molar-refractivity contribution is 5.80. The summed E-state index contributed by atoms with van der Waals surface area (Å²) in [4.78, 5) is 35.8. The lowest BCUT2D eigenvalue weighted by atomic mass is 9.97. The van der Waals surface area contributed by atoms with Crippen LogP contribution in [-0.4, -0.2) is 41.9 Å². The summed E-state index contributed by atoms with van der Waals surface area (Å²) in [5, 5.41) is 12.2. The number of carboxylic acids is 1. The molecule has 0 fully saturated rings. The number of ether oxygens (including phenoxy) is 2. The average Bonchev–Trinajstić information content (AvgIpc) is 3.09. The van der Waals surface area contributed by atoms with Crippen molar-refractivity contribution in [1.82, 2.24) is 5.32 Å². The van der Waals surface area contributed by atoms with Crippen molar-refractivity contribution in [3.05, 3.63) is 59.7 Å². The van der Waals surface area contributed by atoms with Crippen LogP contribution in [0.25, 0.3) is 11.1 Å². The van der Waals surface area contributed by atoms with Crippen LogP contribution in [0.2, 0.25) is 0 Å². The quantitative estimate of drug-likeness (QED) is 0.371. The summed E-state index contributed by atoms with van der Waals surface area (Å²) in [6.45, 7) is 5.92. The molecular formula is C27H33NO6. The summed E-state index contributed by atoms with van der Waals surface area (Å²) in [7, 11) is 0. The van der Waals surface area contributed by atoms with Crippen LogP contribution in [0.1, 0.15) is 63.5 Å². The van der Waals surface area contributed by atoms with Crippen LogP contribution in [0.15, 0.2) is 48.5 Å². The van der Waals surface area contributed by atoms with Gasteiger partial charge in [0, 0.05) is 12.5 Å². The molecule has 2 aromatic rings. The monoisotopic (exact) mass is 467 g/mol. The highest BCUT2D eigenvalue weighted by atomic mass is 16.6. The van der Waals surface area contributed by atoms with E-state index in [1.165, 1.54) is 0 Å². The summed E-state index contributed by atoms with van der Waals surface area (Å²) < 4.78 is 10.7. The molecule has 0 bridgehead atoms. The van der Waals surface area contributed by atoms with Crippen molar-refractivity contribution in [1.29, 1.82) is 0 Å². The number of rotatable bonds is 10. The minimum Gasteiger partial charge on any atom is -0.481 e. The molecule has 0 spiro atoms. The van der Waals surface area contributed by atoms with Gasteiger partial charge in [0.1, 0.15) is 12.2 Å². The summed E-state index contributed by atoms with van der Waals surface area (Å²) in [6, 6.07) is 16.1. The van der Waals surface area contributed by atoms with Gasteiger partial charge in [-0.05, 0) is 55.9 Å². The number of fused-ring (bicyclic) bond motifs is 3. The molecule has 2 aromatic carbocycles. The van der Waals surface area contributed by atoms with Crippen LogP contribution in [0.4, 0.5) is 4.79 Å². The molecule has 1 aliphatic carbocycles. The van der Waals surface area contributed by atoms with Gasteiger partial charge in [-0.3, -0.25) is 9.59 Å². The number of esters is 1. The molecule has 2 N–H and O–H groups in total. The third-order valence-electron chi connectivity index (χ3n) is 5.78. The zero-order valence-corrected chi connectivity index (χ0v) is 20.0. The molecule has 3 rings (SSSR count). The second kappa shape index (κ2) is 11.2. The molecule has 34 heavy (non-hydrogen) atoms. The van der Waals surface area contributed by atoms with Gasteiger partial charge in [0.15, 0.2) is 0 Å². The fourth-order valence-electron chi connectivity index (χ4n) is 4.21. The number of aliphatic carboxylic acids is 1. The van der Waals surface area contributed by atoms with Gasteiger partial charge in [0.25, 0.3) is 0 Å². The first kappa shape index (κ1) is 25.3. The first-order valence-corrected chi connectivity index (χ1v) is 11.7. The average molecular weight is 468 g/mol. The third-order valence-corrected chi connectivity index (χ3v) is 5.78. The molecule has 0 heterocycles. The van der Waals surface area contributed by atoms with Crippen molar-refractivity contribution in [2.24, 2.45) is 5.92 Å². The second-order valence-corrected chi connectivity index (χ2v) is 9.57. The summed E-state index contributed by atoms with van der Waals surface area (Å²) in [5.41, 5.74) is 3.94. The Morgan fingerprint density at radius 2 is 1.56 bits per heavy atom. The largest absolute Gasteiger partial charge is 0.481 e. The van der Waals surface area contributed by atoms with E-state index < -0.39 is 29.6 Å². The van der Waals surface area contributed by atoms with E-state index in [4.69, 9.17) is 9.47 Å². The molecule has 7 nitrogen and oxygen atoms in total. The molecule has 0 saturated heterocycles. The van der Waals surface area contributed by atoms with Gasteiger partial charge in [-0.15, -0.1) is 0 Å². The number of alkyl carbamates (subject to hydrolysis) is 1. The Kier molecular flexibility index (Phi) is 8.31. The number of carboxylic acid groups (broad SMARTS) is 1. The van der Waals surface area contributed by atoms with Crippen LogP contribution in [0, 0.1) is 5.92 Å². The fraction of sp³-hybridized carbons (Fsp3) is 0.444. The van der Waals surface area contributed by atoms with Crippen LogP contribution in [0.3, 0.4) is 0 Å². The van der Waals surface area contributed by atoms with Gasteiger partial charge in [-0.2, -0.15) is 0 Å². The Morgan fingerprint density at radius 3 is 2.12 bits per heavy atom. The van der Waals surface area contributed by atoms with Crippen molar-refractivity contribution >= 4 is 18.0 Å². The first-order valence-electron chi connectivity index (χ1n) is 11.7. The maximum absolute atomic E-state index is 12.5. The van der Waals surface area contributed by atoms with Gasteiger partial charge in [0.2, 0.25) is 0 Å². The number of carbonyl (C=O) groups excluding carboxylic acids is 2. The van der Waals surface area contributed by atoms with E-state index >= 15 is 0 Å². The predicted molar refractivity (Wildman–Crippen MR) is 129 cm³/mol. The van der Waals surface area contributed by atoms with E-state index in [0.717, 1.165) is 22.3 Å². The Labute approximate surface area is 200 Å². The lowest BCUT2D eigenvalue weighted by Gasteiger charge is -2.19. The zero-order chi connectivity index (χ0) is 24.7. The molecule has 0 radical (unpaired) electrons. The lowest BCUT2D eigenvalue weighted by Crippen LogP contribution is -2.33. The van der Waals surface area contributed by atoms with Crippen LogP contribution in [0.5, 0.6) is 0 Å². The predicted octanol–water partition coefficient (Wildman–Crippen LogP) is 5.13. The highest BCUT2D eigenvalue weighted by Gasteiger charge is 2.30. The molecule has 1 amide bonds. The third kappa shape index (κ3) is 6.83. The van der Waals surface area contributed by atoms with E-state index in [1.54, 1.807) is 20.8 Å². The summed E-state index contributed by atoms with van der Waals surface area (Å²) in [6.07, 6.45) is 0.804. The van der Waals surface area contributed by atoms with Gasteiger partial charge >= 0.3 is 18.0 Å². The Bertz CT molecular complexity index is 980. The zero-order valence-electron chi connectivity index (χ0n) is 20.0. The normalized spacial score (nSPS) is 13.5. The molecule has 1 atom stereocenters. The molecule has 0 saturated carbocycles. The maximum Gasteiger partial charge on any atom is 0.407 e.